The van der Waals surface area contributed by atoms with Gasteiger partial charge in [-0.15, -0.1) is 0 Å². The molecule has 2 aromatic rings. The fraction of sp³-hybridized carbons (Fsp3) is 0.278. The smallest absolute Gasteiger partial charge is 0.387 e. The maximum Gasteiger partial charge on any atom is 0.387 e. The molecule has 1 saturated heterocycles. The summed E-state index contributed by atoms with van der Waals surface area (Å²) in [4.78, 5) is 11.4. The van der Waals surface area contributed by atoms with Crippen LogP contribution < -0.4 is 14.8 Å². The Morgan fingerprint density at radius 3 is 2.58 bits per heavy atom. The maximum absolute atomic E-state index is 12.6. The molecular formula is C18H17F2NO3. The van der Waals surface area contributed by atoms with Gasteiger partial charge in [0, 0.05) is 18.9 Å². The van der Waals surface area contributed by atoms with Crippen molar-refractivity contribution in [1.29, 1.82) is 0 Å². The minimum absolute atomic E-state index is 0.0113. The van der Waals surface area contributed by atoms with Crippen LogP contribution in [0.15, 0.2) is 48.5 Å². The number of nitrogens with one attached hydrogen (secondary N) is 1. The van der Waals surface area contributed by atoms with Gasteiger partial charge in [0.05, 0.1) is 0 Å². The summed E-state index contributed by atoms with van der Waals surface area (Å²) in [5, 5.41) is 2.76. The van der Waals surface area contributed by atoms with Crippen LogP contribution in [0.25, 0.3) is 0 Å². The molecule has 1 atom stereocenters. The van der Waals surface area contributed by atoms with E-state index in [4.69, 9.17) is 4.74 Å². The van der Waals surface area contributed by atoms with E-state index in [1.807, 2.05) is 30.3 Å². The van der Waals surface area contributed by atoms with Crippen LogP contribution in [-0.4, -0.2) is 19.1 Å². The Morgan fingerprint density at radius 2 is 1.92 bits per heavy atom. The Bertz CT molecular complexity index is 707. The van der Waals surface area contributed by atoms with Crippen molar-refractivity contribution < 1.29 is 23.0 Å². The van der Waals surface area contributed by atoms with Gasteiger partial charge < -0.3 is 14.8 Å². The Kier molecular flexibility index (Phi) is 4.93. The number of carbonyl (C=O) groups excluding carboxylic acids is 1. The Balaban J connectivity index is 1.80. The Morgan fingerprint density at radius 1 is 1.12 bits per heavy atom. The number of carbonyl (C=O) groups is 1. The normalized spacial score (nSPS) is 17.0. The summed E-state index contributed by atoms with van der Waals surface area (Å²) < 4.78 is 35.4. The first-order chi connectivity index (χ1) is 11.6. The average Bonchev–Trinajstić information content (AvgIpc) is 3.01. The minimum Gasteiger partial charge on any atom is -0.485 e. The van der Waals surface area contributed by atoms with Gasteiger partial charge in [-0.2, -0.15) is 8.78 Å². The van der Waals surface area contributed by atoms with Gasteiger partial charge in [-0.05, 0) is 23.3 Å². The number of rotatable bonds is 6. The van der Waals surface area contributed by atoms with Crippen LogP contribution in [0.3, 0.4) is 0 Å². The standard InChI is InChI=1S/C18H17F2NO3/c19-18(20)24-15-7-6-13(14-9-17(22)21-10-14)8-16(15)23-11-12-4-2-1-3-5-12/h1-8,14,18H,9-11H2,(H,21,22). The summed E-state index contributed by atoms with van der Waals surface area (Å²) in [6.07, 6.45) is 0.382. The van der Waals surface area contributed by atoms with Crippen molar-refractivity contribution >= 4 is 5.91 Å². The van der Waals surface area contributed by atoms with E-state index < -0.39 is 6.61 Å². The van der Waals surface area contributed by atoms with Crippen molar-refractivity contribution in [1.82, 2.24) is 5.32 Å². The fourth-order valence-electron chi connectivity index (χ4n) is 2.66. The van der Waals surface area contributed by atoms with Crippen LogP contribution in [0, 0.1) is 0 Å². The molecule has 24 heavy (non-hydrogen) atoms. The summed E-state index contributed by atoms with van der Waals surface area (Å²) >= 11 is 0. The monoisotopic (exact) mass is 333 g/mol. The van der Waals surface area contributed by atoms with Crippen LogP contribution >= 0.6 is 0 Å². The van der Waals surface area contributed by atoms with E-state index in [0.29, 0.717) is 13.0 Å². The summed E-state index contributed by atoms with van der Waals surface area (Å²) in [6, 6.07) is 14.2. The van der Waals surface area contributed by atoms with Gasteiger partial charge in [-0.25, -0.2) is 0 Å². The molecule has 1 fully saturated rings. The highest BCUT2D eigenvalue weighted by Crippen LogP contribution is 2.34. The second-order valence-electron chi connectivity index (χ2n) is 5.56. The van der Waals surface area contributed by atoms with Crippen molar-refractivity contribution in [3.05, 3.63) is 59.7 Å². The Hall–Kier alpha value is -2.63. The zero-order valence-electron chi connectivity index (χ0n) is 12.9. The minimum atomic E-state index is -2.93. The molecule has 0 radical (unpaired) electrons. The lowest BCUT2D eigenvalue weighted by atomic mass is 9.98. The van der Waals surface area contributed by atoms with E-state index in [-0.39, 0.29) is 29.9 Å². The summed E-state index contributed by atoms with van der Waals surface area (Å²) in [5.74, 6) is 0.231. The second-order valence-corrected chi connectivity index (χ2v) is 5.56. The molecular weight excluding hydrogens is 316 g/mol. The van der Waals surface area contributed by atoms with Gasteiger partial charge >= 0.3 is 6.61 Å². The topological polar surface area (TPSA) is 47.6 Å². The number of hydrogen-bond acceptors (Lipinski definition) is 3. The third kappa shape index (κ3) is 4.01. The third-order valence-electron chi connectivity index (χ3n) is 3.87. The molecule has 4 nitrogen and oxygen atoms in total. The van der Waals surface area contributed by atoms with Gasteiger partial charge in [0.25, 0.3) is 0 Å². The van der Waals surface area contributed by atoms with Crippen LogP contribution in [0.1, 0.15) is 23.5 Å². The highest BCUT2D eigenvalue weighted by atomic mass is 19.3. The Labute approximate surface area is 138 Å². The molecule has 0 saturated carbocycles. The lowest BCUT2D eigenvalue weighted by Crippen LogP contribution is -2.13. The molecule has 1 aliphatic heterocycles. The quantitative estimate of drug-likeness (QED) is 0.880. The van der Waals surface area contributed by atoms with Crippen LogP contribution in [0.5, 0.6) is 11.5 Å². The van der Waals surface area contributed by atoms with Gasteiger partial charge in [0.1, 0.15) is 6.61 Å². The molecule has 2 aromatic carbocycles. The number of hydrogen-bond donors (Lipinski definition) is 1. The van der Waals surface area contributed by atoms with E-state index in [0.717, 1.165) is 11.1 Å². The molecule has 0 spiro atoms. The largest absolute Gasteiger partial charge is 0.485 e. The molecule has 0 aliphatic carbocycles. The van der Waals surface area contributed by atoms with Crippen molar-refractivity contribution in [3.63, 3.8) is 0 Å². The van der Waals surface area contributed by atoms with Crippen LogP contribution in [0.4, 0.5) is 8.78 Å². The van der Waals surface area contributed by atoms with Crippen molar-refractivity contribution in [2.75, 3.05) is 6.54 Å². The first kappa shape index (κ1) is 16.2. The molecule has 1 N–H and O–H groups in total. The molecule has 3 rings (SSSR count). The zero-order chi connectivity index (χ0) is 16.9. The van der Waals surface area contributed by atoms with E-state index in [9.17, 15) is 13.6 Å². The van der Waals surface area contributed by atoms with Crippen LogP contribution in [-0.2, 0) is 11.4 Å². The number of amides is 1. The lowest BCUT2D eigenvalue weighted by molar-refractivity contribution is -0.119. The molecule has 0 bridgehead atoms. The second kappa shape index (κ2) is 7.29. The van der Waals surface area contributed by atoms with E-state index in [1.54, 1.807) is 12.1 Å². The van der Waals surface area contributed by atoms with Gasteiger partial charge in [-0.3, -0.25) is 4.79 Å². The molecule has 0 aromatic heterocycles. The van der Waals surface area contributed by atoms with Crippen molar-refractivity contribution in [2.24, 2.45) is 0 Å². The third-order valence-corrected chi connectivity index (χ3v) is 3.87. The molecule has 1 amide bonds. The predicted molar refractivity (Wildman–Crippen MR) is 84.2 cm³/mol. The number of alkyl halides is 2. The highest BCUT2D eigenvalue weighted by Gasteiger charge is 2.24. The van der Waals surface area contributed by atoms with Gasteiger partial charge in [0.2, 0.25) is 5.91 Å². The molecule has 1 aliphatic rings. The first-order valence-corrected chi connectivity index (χ1v) is 7.64. The molecule has 126 valence electrons. The summed E-state index contributed by atoms with van der Waals surface area (Å²) in [7, 11) is 0. The first-order valence-electron chi connectivity index (χ1n) is 7.64. The van der Waals surface area contributed by atoms with Gasteiger partial charge in [-0.1, -0.05) is 36.4 Å². The van der Waals surface area contributed by atoms with Crippen molar-refractivity contribution in [3.8, 4) is 11.5 Å². The number of ether oxygens (including phenoxy) is 2. The SMILES string of the molecule is O=C1CC(c2ccc(OC(F)F)c(OCc3ccccc3)c2)CN1. The molecule has 1 unspecified atom stereocenters. The summed E-state index contributed by atoms with van der Waals surface area (Å²) in [6.45, 7) is -2.15. The number of halogens is 2. The fourth-order valence-corrected chi connectivity index (χ4v) is 2.66. The van der Waals surface area contributed by atoms with E-state index >= 15 is 0 Å². The molecule has 1 heterocycles. The van der Waals surface area contributed by atoms with E-state index in [2.05, 4.69) is 10.1 Å². The van der Waals surface area contributed by atoms with Gasteiger partial charge in [0.15, 0.2) is 11.5 Å². The lowest BCUT2D eigenvalue weighted by Gasteiger charge is -2.15. The predicted octanol–water partition coefficient (Wildman–Crippen LogP) is 3.47. The highest BCUT2D eigenvalue weighted by molar-refractivity contribution is 5.79. The average molecular weight is 333 g/mol. The maximum atomic E-state index is 12.6. The molecule has 6 heteroatoms. The zero-order valence-corrected chi connectivity index (χ0v) is 12.9. The summed E-state index contributed by atoms with van der Waals surface area (Å²) in [5.41, 5.74) is 1.78. The van der Waals surface area contributed by atoms with Crippen molar-refractivity contribution in [2.45, 2.75) is 25.6 Å². The van der Waals surface area contributed by atoms with E-state index in [1.165, 1.54) is 6.07 Å². The number of benzene rings is 2. The van der Waals surface area contributed by atoms with Crippen LogP contribution in [0.2, 0.25) is 0 Å².